The minimum atomic E-state index is -0.184. The van der Waals surface area contributed by atoms with E-state index in [1.807, 2.05) is 35.0 Å². The van der Waals surface area contributed by atoms with Crippen LogP contribution in [0.3, 0.4) is 0 Å². The Bertz CT molecular complexity index is 1010. The molecular formula is C23H25ClN4O2. The fraction of sp³-hybridized carbons (Fsp3) is 0.261. The van der Waals surface area contributed by atoms with Crippen LogP contribution in [0.25, 0.3) is 5.69 Å². The molecule has 0 aliphatic carbocycles. The number of hydrogen-bond acceptors (Lipinski definition) is 4. The quantitative estimate of drug-likeness (QED) is 0.601. The second kappa shape index (κ2) is 9.69. The number of amides is 1. The highest BCUT2D eigenvalue weighted by atomic mass is 35.5. The summed E-state index contributed by atoms with van der Waals surface area (Å²) in [6.45, 7) is 3.38. The van der Waals surface area contributed by atoms with Crippen molar-refractivity contribution in [3.63, 3.8) is 0 Å². The van der Waals surface area contributed by atoms with Crippen LogP contribution in [0.2, 0.25) is 0 Å². The molecule has 3 aromatic rings. The lowest BCUT2D eigenvalue weighted by atomic mass is 9.91. The van der Waals surface area contributed by atoms with Crippen LogP contribution >= 0.6 is 12.4 Å². The van der Waals surface area contributed by atoms with Crippen molar-refractivity contribution in [3.05, 3.63) is 77.6 Å². The van der Waals surface area contributed by atoms with Gasteiger partial charge in [0.15, 0.2) is 5.78 Å². The Kier molecular flexibility index (Phi) is 7.03. The number of hydrogen-bond donors (Lipinski definition) is 2. The number of halogens is 1. The summed E-state index contributed by atoms with van der Waals surface area (Å²) in [4.78, 5) is 24.5. The Balaban J connectivity index is 0.00000256. The monoisotopic (exact) mass is 424 g/mol. The van der Waals surface area contributed by atoms with E-state index in [9.17, 15) is 9.59 Å². The molecule has 0 saturated carbocycles. The highest BCUT2D eigenvalue weighted by Gasteiger charge is 2.27. The van der Waals surface area contributed by atoms with Gasteiger partial charge < -0.3 is 10.6 Å². The van der Waals surface area contributed by atoms with Gasteiger partial charge in [0.05, 0.1) is 23.1 Å². The van der Waals surface area contributed by atoms with E-state index in [4.69, 9.17) is 0 Å². The van der Waals surface area contributed by atoms with Crippen LogP contribution in [0.15, 0.2) is 60.8 Å². The molecule has 0 atom stereocenters. The molecule has 7 heteroatoms. The van der Waals surface area contributed by atoms with Crippen molar-refractivity contribution in [2.45, 2.75) is 25.7 Å². The van der Waals surface area contributed by atoms with Gasteiger partial charge in [0.2, 0.25) is 0 Å². The highest BCUT2D eigenvalue weighted by Crippen LogP contribution is 2.30. The van der Waals surface area contributed by atoms with E-state index >= 15 is 0 Å². The molecule has 1 aliphatic heterocycles. The van der Waals surface area contributed by atoms with Crippen LogP contribution in [0.1, 0.15) is 52.1 Å². The van der Waals surface area contributed by atoms with Gasteiger partial charge in [-0.15, -0.1) is 12.4 Å². The molecule has 1 fully saturated rings. The summed E-state index contributed by atoms with van der Waals surface area (Å²) in [5, 5.41) is 10.9. The Labute approximate surface area is 182 Å². The molecule has 1 saturated heterocycles. The van der Waals surface area contributed by atoms with Crippen molar-refractivity contribution >= 4 is 29.8 Å². The second-order valence-corrected chi connectivity index (χ2v) is 7.30. The number of rotatable bonds is 5. The van der Waals surface area contributed by atoms with E-state index in [0.717, 1.165) is 37.3 Å². The van der Waals surface area contributed by atoms with E-state index in [0.29, 0.717) is 16.8 Å². The number of carbonyl (C=O) groups is 2. The van der Waals surface area contributed by atoms with Crippen LogP contribution in [-0.2, 0) is 0 Å². The minimum Gasteiger partial charge on any atom is -0.322 e. The summed E-state index contributed by atoms with van der Waals surface area (Å²) in [5.74, 6) is 0.0799. The largest absolute Gasteiger partial charge is 0.322 e. The molecule has 0 spiro atoms. The van der Waals surface area contributed by atoms with Crippen molar-refractivity contribution < 1.29 is 9.59 Å². The van der Waals surface area contributed by atoms with Crippen molar-refractivity contribution in [1.82, 2.24) is 15.1 Å². The maximum absolute atomic E-state index is 13.1. The Morgan fingerprint density at radius 3 is 2.33 bits per heavy atom. The van der Waals surface area contributed by atoms with Crippen LogP contribution in [0, 0.1) is 0 Å². The summed E-state index contributed by atoms with van der Waals surface area (Å²) in [6, 6.07) is 16.9. The van der Waals surface area contributed by atoms with E-state index in [-0.39, 0.29) is 30.0 Å². The summed E-state index contributed by atoms with van der Waals surface area (Å²) in [5.41, 5.74) is 3.77. The van der Waals surface area contributed by atoms with Gasteiger partial charge in [-0.1, -0.05) is 18.2 Å². The molecule has 0 bridgehead atoms. The highest BCUT2D eigenvalue weighted by molar-refractivity contribution is 6.05. The molecule has 156 valence electrons. The topological polar surface area (TPSA) is 76.0 Å². The second-order valence-electron chi connectivity index (χ2n) is 7.30. The molecule has 30 heavy (non-hydrogen) atoms. The smallest absolute Gasteiger partial charge is 0.259 e. The van der Waals surface area contributed by atoms with Crippen LogP contribution in [-0.4, -0.2) is 34.6 Å². The van der Waals surface area contributed by atoms with Gasteiger partial charge in [0, 0.05) is 17.2 Å². The zero-order chi connectivity index (χ0) is 20.2. The number of para-hydroxylation sites is 1. The fourth-order valence-electron chi connectivity index (χ4n) is 3.78. The first-order valence-electron chi connectivity index (χ1n) is 9.90. The first-order chi connectivity index (χ1) is 14.1. The van der Waals surface area contributed by atoms with Gasteiger partial charge >= 0.3 is 0 Å². The van der Waals surface area contributed by atoms with Gasteiger partial charge in [-0.25, -0.2) is 4.68 Å². The third kappa shape index (κ3) is 4.61. The number of aromatic nitrogens is 2. The number of nitrogens with zero attached hydrogens (tertiary/aromatic N) is 2. The van der Waals surface area contributed by atoms with Gasteiger partial charge in [-0.05, 0) is 69.3 Å². The molecule has 6 nitrogen and oxygen atoms in total. The average molecular weight is 425 g/mol. The van der Waals surface area contributed by atoms with E-state index < -0.39 is 0 Å². The zero-order valence-corrected chi connectivity index (χ0v) is 17.6. The lowest BCUT2D eigenvalue weighted by molar-refractivity contribution is 0.101. The zero-order valence-electron chi connectivity index (χ0n) is 16.8. The fourth-order valence-corrected chi connectivity index (χ4v) is 3.78. The Morgan fingerprint density at radius 1 is 1.03 bits per heavy atom. The molecule has 1 amide bonds. The average Bonchev–Trinajstić information content (AvgIpc) is 3.21. The first-order valence-corrected chi connectivity index (χ1v) is 9.90. The molecular weight excluding hydrogens is 400 g/mol. The lowest BCUT2D eigenvalue weighted by Crippen LogP contribution is -2.29. The number of piperidine rings is 1. The Hall–Kier alpha value is -2.96. The van der Waals surface area contributed by atoms with Gasteiger partial charge in [-0.3, -0.25) is 9.59 Å². The SMILES string of the molecule is CC(=O)c1ccc(NC(=O)c2cnn(-c3ccccc3)c2C2CCNCC2)cc1.Cl. The molecule has 4 rings (SSSR count). The van der Waals surface area contributed by atoms with Crippen LogP contribution < -0.4 is 10.6 Å². The van der Waals surface area contributed by atoms with Crippen molar-refractivity contribution in [2.24, 2.45) is 0 Å². The predicted molar refractivity (Wildman–Crippen MR) is 120 cm³/mol. The van der Waals surface area contributed by atoms with E-state index in [2.05, 4.69) is 15.7 Å². The number of carbonyl (C=O) groups excluding carboxylic acids is 2. The van der Waals surface area contributed by atoms with Gasteiger partial charge in [-0.2, -0.15) is 5.10 Å². The standard InChI is InChI=1S/C23H24N4O2.ClH/c1-16(28)17-7-9-19(10-8-17)26-23(29)21-15-25-27(20-5-3-2-4-6-20)22(21)18-11-13-24-14-12-18;/h2-10,15,18,24H,11-14H2,1H3,(H,26,29);1H. The van der Waals surface area contributed by atoms with Crippen molar-refractivity contribution in [3.8, 4) is 5.69 Å². The summed E-state index contributed by atoms with van der Waals surface area (Å²) in [7, 11) is 0. The summed E-state index contributed by atoms with van der Waals surface area (Å²) < 4.78 is 1.89. The van der Waals surface area contributed by atoms with E-state index in [1.165, 1.54) is 6.92 Å². The van der Waals surface area contributed by atoms with Crippen LogP contribution in [0.5, 0.6) is 0 Å². The van der Waals surface area contributed by atoms with Gasteiger partial charge in [0.1, 0.15) is 0 Å². The van der Waals surface area contributed by atoms with Crippen molar-refractivity contribution in [2.75, 3.05) is 18.4 Å². The third-order valence-electron chi connectivity index (χ3n) is 5.33. The molecule has 2 heterocycles. The van der Waals surface area contributed by atoms with Crippen molar-refractivity contribution in [1.29, 1.82) is 0 Å². The molecule has 2 aromatic carbocycles. The molecule has 0 radical (unpaired) electrons. The molecule has 1 aliphatic rings. The summed E-state index contributed by atoms with van der Waals surface area (Å²) in [6.07, 6.45) is 3.59. The number of Topliss-reactive ketones (excluding diaryl/α,β-unsaturated/α-hetero) is 1. The lowest BCUT2D eigenvalue weighted by Gasteiger charge is -2.24. The number of nitrogens with one attached hydrogen (secondary N) is 2. The summed E-state index contributed by atoms with van der Waals surface area (Å²) >= 11 is 0. The third-order valence-corrected chi connectivity index (χ3v) is 5.33. The number of benzene rings is 2. The number of ketones is 1. The Morgan fingerprint density at radius 2 is 1.70 bits per heavy atom. The maximum Gasteiger partial charge on any atom is 0.259 e. The minimum absolute atomic E-state index is 0. The van der Waals surface area contributed by atoms with Gasteiger partial charge in [0.25, 0.3) is 5.91 Å². The molecule has 1 aromatic heterocycles. The molecule has 0 unspecified atom stereocenters. The van der Waals surface area contributed by atoms with E-state index in [1.54, 1.807) is 30.5 Å². The first kappa shape index (κ1) is 21.7. The predicted octanol–water partition coefficient (Wildman–Crippen LogP) is 4.22. The normalized spacial score (nSPS) is 14.0. The van der Waals surface area contributed by atoms with Crippen LogP contribution in [0.4, 0.5) is 5.69 Å². The number of anilines is 1. The molecule has 2 N–H and O–H groups in total. The maximum atomic E-state index is 13.1.